The number of nitriles is 1. The van der Waals surface area contributed by atoms with E-state index in [4.69, 9.17) is 11.8 Å². The van der Waals surface area contributed by atoms with Crippen LogP contribution in [0.5, 0.6) is 0 Å². The molecule has 39 heavy (non-hydrogen) atoms. The molecular weight excluding hydrogens is 474 g/mol. The van der Waals surface area contributed by atoms with Crippen LogP contribution in [0.25, 0.3) is 37.9 Å². The molecule has 3 heteroatoms. The van der Waals surface area contributed by atoms with Crippen molar-refractivity contribution in [3.8, 4) is 28.3 Å². The van der Waals surface area contributed by atoms with E-state index in [0.717, 1.165) is 39.3 Å². The summed E-state index contributed by atoms with van der Waals surface area (Å²) >= 11 is 0. The van der Waals surface area contributed by atoms with Crippen LogP contribution < -0.4 is 4.90 Å². The first-order chi connectivity index (χ1) is 19.2. The zero-order chi connectivity index (χ0) is 26.6. The molecule has 6 aromatic rings. The third kappa shape index (κ3) is 4.74. The molecule has 182 valence electrons. The maximum atomic E-state index is 9.13. The summed E-state index contributed by atoms with van der Waals surface area (Å²) in [5.74, 6) is 0. The lowest BCUT2D eigenvalue weighted by Crippen LogP contribution is -2.10. The molecule has 0 saturated heterocycles. The second-order valence-electron chi connectivity index (χ2n) is 9.28. The van der Waals surface area contributed by atoms with Crippen molar-refractivity contribution in [2.75, 3.05) is 4.90 Å². The number of rotatable bonds is 5. The van der Waals surface area contributed by atoms with Gasteiger partial charge in [-0.3, -0.25) is 0 Å². The average Bonchev–Trinajstić information content (AvgIpc) is 3.02. The predicted octanol–water partition coefficient (Wildman–Crippen LogP) is 10.1. The van der Waals surface area contributed by atoms with Gasteiger partial charge in [0.25, 0.3) is 0 Å². The fraction of sp³-hybridized carbons (Fsp3) is 0. The molecule has 0 spiro atoms. The first-order valence-electron chi connectivity index (χ1n) is 12.7. The van der Waals surface area contributed by atoms with Crippen LogP contribution in [0.3, 0.4) is 0 Å². The molecule has 0 radical (unpaired) electrons. The predicted molar refractivity (Wildman–Crippen MR) is 160 cm³/mol. The Hall–Kier alpha value is -5.64. The van der Waals surface area contributed by atoms with Crippen LogP contribution in [0, 0.1) is 17.9 Å². The van der Waals surface area contributed by atoms with Gasteiger partial charge in [0.15, 0.2) is 5.69 Å². The van der Waals surface area contributed by atoms with E-state index in [2.05, 4.69) is 107 Å². The van der Waals surface area contributed by atoms with Gasteiger partial charge in [-0.2, -0.15) is 5.26 Å². The monoisotopic (exact) mass is 497 g/mol. The quantitative estimate of drug-likeness (QED) is 0.222. The minimum atomic E-state index is 0.641. The molecule has 6 aromatic carbocycles. The Bertz CT molecular complexity index is 1730. The number of hydrogen-bond donors (Lipinski definition) is 0. The third-order valence-electron chi connectivity index (χ3n) is 6.94. The molecule has 0 unspecified atom stereocenters. The van der Waals surface area contributed by atoms with Gasteiger partial charge in [-0.1, -0.05) is 97.1 Å². The van der Waals surface area contributed by atoms with Gasteiger partial charge in [0.1, 0.15) is 0 Å². The summed E-state index contributed by atoms with van der Waals surface area (Å²) in [6.07, 6.45) is 0. The normalized spacial score (nSPS) is 10.5. The van der Waals surface area contributed by atoms with Gasteiger partial charge in [-0.25, -0.2) is 4.85 Å². The van der Waals surface area contributed by atoms with Crippen molar-refractivity contribution in [3.05, 3.63) is 157 Å². The van der Waals surface area contributed by atoms with Crippen LogP contribution in [0.2, 0.25) is 0 Å². The zero-order valence-corrected chi connectivity index (χ0v) is 21.1. The van der Waals surface area contributed by atoms with E-state index in [-0.39, 0.29) is 0 Å². The molecule has 0 fully saturated rings. The summed E-state index contributed by atoms with van der Waals surface area (Å²) in [7, 11) is 0. The van der Waals surface area contributed by atoms with Crippen molar-refractivity contribution in [1.29, 1.82) is 5.26 Å². The lowest BCUT2D eigenvalue weighted by Gasteiger charge is -2.27. The van der Waals surface area contributed by atoms with Gasteiger partial charge in [0.2, 0.25) is 0 Å². The molecule has 0 aromatic heterocycles. The number of nitrogens with zero attached hydrogens (tertiary/aromatic N) is 3. The van der Waals surface area contributed by atoms with Crippen LogP contribution in [0.15, 0.2) is 140 Å². The second-order valence-corrected chi connectivity index (χ2v) is 9.28. The van der Waals surface area contributed by atoms with Crippen molar-refractivity contribution < 1.29 is 0 Å². The van der Waals surface area contributed by atoms with Crippen molar-refractivity contribution in [1.82, 2.24) is 0 Å². The Labute approximate surface area is 228 Å². The van der Waals surface area contributed by atoms with Gasteiger partial charge in [0, 0.05) is 16.8 Å². The third-order valence-corrected chi connectivity index (χ3v) is 6.94. The first-order valence-corrected chi connectivity index (χ1v) is 12.7. The maximum absolute atomic E-state index is 9.13. The van der Waals surface area contributed by atoms with E-state index in [0.29, 0.717) is 11.3 Å². The SMILES string of the molecule is [C-]#[N+]c1ccc(-c2ccc(N(c3ccc(-c4ccc(C#N)cc4)cc3)c3cccc4ccccc34)cc2)cc1. The van der Waals surface area contributed by atoms with Gasteiger partial charge < -0.3 is 4.90 Å². The van der Waals surface area contributed by atoms with Crippen LogP contribution in [-0.4, -0.2) is 0 Å². The zero-order valence-electron chi connectivity index (χ0n) is 21.1. The molecule has 3 nitrogen and oxygen atoms in total. The van der Waals surface area contributed by atoms with E-state index in [1.54, 1.807) is 0 Å². The summed E-state index contributed by atoms with van der Waals surface area (Å²) in [6, 6.07) is 49.5. The average molecular weight is 498 g/mol. The standard InChI is InChI=1S/C36H23N3/c1-38-32-19-13-28(14-20-32)30-17-23-34(24-18-30)39(36-8-4-6-31-5-2-3-7-35(31)36)33-21-15-29(16-22-33)27-11-9-26(25-37)10-12-27/h2-24H. The molecule has 0 heterocycles. The fourth-order valence-corrected chi connectivity index (χ4v) is 4.90. The fourth-order valence-electron chi connectivity index (χ4n) is 4.90. The van der Waals surface area contributed by atoms with Crippen LogP contribution in [0.1, 0.15) is 5.56 Å². The van der Waals surface area contributed by atoms with Gasteiger partial charge in [-0.05, 0) is 70.1 Å². The van der Waals surface area contributed by atoms with Crippen molar-refractivity contribution >= 4 is 33.5 Å². The topological polar surface area (TPSA) is 31.4 Å². The summed E-state index contributed by atoms with van der Waals surface area (Å²) in [5.41, 5.74) is 8.86. The Kier molecular flexibility index (Phi) is 6.32. The number of anilines is 3. The summed E-state index contributed by atoms with van der Waals surface area (Å²) in [4.78, 5) is 5.79. The molecule has 0 amide bonds. The van der Waals surface area contributed by atoms with E-state index in [1.165, 1.54) is 10.8 Å². The van der Waals surface area contributed by atoms with Crippen molar-refractivity contribution in [2.45, 2.75) is 0 Å². The van der Waals surface area contributed by atoms with Gasteiger partial charge in [0.05, 0.1) is 23.9 Å². The highest BCUT2D eigenvalue weighted by molar-refractivity contribution is 5.99. The minimum absolute atomic E-state index is 0.641. The lowest BCUT2D eigenvalue weighted by molar-refractivity contribution is 1.30. The van der Waals surface area contributed by atoms with Crippen LogP contribution >= 0.6 is 0 Å². The van der Waals surface area contributed by atoms with Gasteiger partial charge >= 0.3 is 0 Å². The van der Waals surface area contributed by atoms with Gasteiger partial charge in [-0.15, -0.1) is 0 Å². The summed E-state index contributed by atoms with van der Waals surface area (Å²) in [6.45, 7) is 7.20. The first kappa shape index (κ1) is 23.7. The lowest BCUT2D eigenvalue weighted by atomic mass is 10.0. The molecule has 6 rings (SSSR count). The van der Waals surface area contributed by atoms with E-state index < -0.39 is 0 Å². The highest BCUT2D eigenvalue weighted by Crippen LogP contribution is 2.40. The number of fused-ring (bicyclic) bond motifs is 1. The highest BCUT2D eigenvalue weighted by Gasteiger charge is 2.15. The van der Waals surface area contributed by atoms with E-state index >= 15 is 0 Å². The largest absolute Gasteiger partial charge is 0.310 e. The highest BCUT2D eigenvalue weighted by atomic mass is 15.1. The summed E-state index contributed by atoms with van der Waals surface area (Å²) < 4.78 is 0. The Morgan fingerprint density at radius 3 is 1.56 bits per heavy atom. The molecule has 0 aliphatic rings. The second kappa shape index (κ2) is 10.4. The van der Waals surface area contributed by atoms with E-state index in [1.807, 2.05) is 48.5 Å². The smallest absolute Gasteiger partial charge is 0.187 e. The molecular formula is C36H23N3. The molecule has 0 atom stereocenters. The summed E-state index contributed by atoms with van der Waals surface area (Å²) in [5, 5.41) is 11.5. The molecule has 0 N–H and O–H groups in total. The molecule has 0 saturated carbocycles. The number of benzene rings is 6. The molecule has 0 aliphatic heterocycles. The molecule has 0 bridgehead atoms. The Morgan fingerprint density at radius 1 is 0.538 bits per heavy atom. The molecule has 0 aliphatic carbocycles. The maximum Gasteiger partial charge on any atom is 0.187 e. The Balaban J connectivity index is 1.43. The van der Waals surface area contributed by atoms with Crippen molar-refractivity contribution in [3.63, 3.8) is 0 Å². The minimum Gasteiger partial charge on any atom is -0.310 e. The van der Waals surface area contributed by atoms with Crippen LogP contribution in [0.4, 0.5) is 22.7 Å². The van der Waals surface area contributed by atoms with Crippen LogP contribution in [-0.2, 0) is 0 Å². The Morgan fingerprint density at radius 2 is 1.03 bits per heavy atom. The number of hydrogen-bond acceptors (Lipinski definition) is 2. The van der Waals surface area contributed by atoms with Crippen molar-refractivity contribution in [2.24, 2.45) is 0 Å². The van der Waals surface area contributed by atoms with E-state index in [9.17, 15) is 0 Å².